The van der Waals surface area contributed by atoms with Crippen LogP contribution in [0, 0.1) is 0 Å². The van der Waals surface area contributed by atoms with Crippen LogP contribution in [0.15, 0.2) is 12.5 Å². The summed E-state index contributed by atoms with van der Waals surface area (Å²) < 4.78 is 0. The quantitative estimate of drug-likeness (QED) is 0.135. The normalized spacial score (nSPS) is 13.3. The topological polar surface area (TPSA) is 260 Å². The number of amides is 4. The number of H-pyrrole nitrogens is 1. The van der Waals surface area contributed by atoms with Gasteiger partial charge in [-0.2, -0.15) is 0 Å². The predicted octanol–water partition coefficient (Wildman–Crippen LogP) is -3.81. The summed E-state index contributed by atoms with van der Waals surface area (Å²) in [6, 6.07) is -4.07. The molecule has 15 nitrogen and oxygen atoms in total. The van der Waals surface area contributed by atoms with Gasteiger partial charge in [-0.15, -0.1) is 0 Å². The Morgan fingerprint density at radius 2 is 1.66 bits per heavy atom. The van der Waals surface area contributed by atoms with E-state index in [0.29, 0.717) is 5.69 Å². The maximum Gasteiger partial charge on any atom is 0.322 e. The van der Waals surface area contributed by atoms with Crippen molar-refractivity contribution in [2.24, 2.45) is 11.5 Å². The highest BCUT2D eigenvalue weighted by atomic mass is 16.4. The van der Waals surface area contributed by atoms with Crippen LogP contribution >= 0.6 is 0 Å². The third-order valence-electron chi connectivity index (χ3n) is 4.08. The Hall–Kier alpha value is -4.01. The molecule has 3 unspecified atom stereocenters. The number of primary amides is 1. The van der Waals surface area contributed by atoms with E-state index >= 15 is 0 Å². The predicted molar refractivity (Wildman–Crippen MR) is 105 cm³/mol. The zero-order chi connectivity index (χ0) is 24.3. The number of aromatic amines is 1. The summed E-state index contributed by atoms with van der Waals surface area (Å²) in [6.07, 6.45) is 1.54. The van der Waals surface area contributed by atoms with E-state index in [1.165, 1.54) is 12.5 Å². The number of carbonyl (C=O) groups is 6. The van der Waals surface area contributed by atoms with Gasteiger partial charge in [0, 0.05) is 24.7 Å². The Balaban J connectivity index is 2.94. The molecular formula is C17H25N7O8. The first-order valence-corrected chi connectivity index (χ1v) is 9.32. The Labute approximate surface area is 181 Å². The first kappa shape index (κ1) is 26.0. The number of carboxylic acids is 2. The molecule has 1 aromatic rings. The molecule has 0 radical (unpaired) electrons. The SMILES string of the molecule is NC(=O)CCC(N)C(=O)NC(Cc1cnc[nH]1)C(=O)NC(CC(=O)O)C(=O)NCC(=O)O. The highest BCUT2D eigenvalue weighted by Gasteiger charge is 2.30. The van der Waals surface area contributed by atoms with Gasteiger partial charge < -0.3 is 42.6 Å². The van der Waals surface area contributed by atoms with Crippen LogP contribution in [-0.2, 0) is 35.2 Å². The van der Waals surface area contributed by atoms with Crippen LogP contribution in [0.2, 0.25) is 0 Å². The molecule has 1 heterocycles. The van der Waals surface area contributed by atoms with Gasteiger partial charge in [0.2, 0.25) is 23.6 Å². The van der Waals surface area contributed by atoms with Crippen LogP contribution in [0.4, 0.5) is 0 Å². The van der Waals surface area contributed by atoms with Crippen molar-refractivity contribution in [3.05, 3.63) is 18.2 Å². The van der Waals surface area contributed by atoms with Gasteiger partial charge in [-0.3, -0.25) is 28.8 Å². The molecule has 0 aromatic carbocycles. The Morgan fingerprint density at radius 3 is 2.19 bits per heavy atom. The smallest absolute Gasteiger partial charge is 0.322 e. The second-order valence-electron chi connectivity index (χ2n) is 6.72. The van der Waals surface area contributed by atoms with Crippen molar-refractivity contribution in [2.45, 2.75) is 43.8 Å². The molecule has 176 valence electrons. The summed E-state index contributed by atoms with van der Waals surface area (Å²) in [5, 5.41) is 24.2. The lowest BCUT2D eigenvalue weighted by Crippen LogP contribution is -2.57. The molecule has 1 aromatic heterocycles. The summed E-state index contributed by atoms with van der Waals surface area (Å²) >= 11 is 0. The highest BCUT2D eigenvalue weighted by Crippen LogP contribution is 2.03. The fourth-order valence-corrected chi connectivity index (χ4v) is 2.48. The second-order valence-corrected chi connectivity index (χ2v) is 6.72. The lowest BCUT2D eigenvalue weighted by Gasteiger charge is -2.23. The van der Waals surface area contributed by atoms with Crippen molar-refractivity contribution < 1.29 is 39.0 Å². The van der Waals surface area contributed by atoms with E-state index in [2.05, 4.69) is 20.6 Å². The van der Waals surface area contributed by atoms with E-state index in [4.69, 9.17) is 21.7 Å². The van der Waals surface area contributed by atoms with Gasteiger partial charge in [-0.1, -0.05) is 0 Å². The first-order chi connectivity index (χ1) is 15.0. The van der Waals surface area contributed by atoms with E-state index in [1.807, 2.05) is 5.32 Å². The molecule has 0 aliphatic carbocycles. The van der Waals surface area contributed by atoms with Gasteiger partial charge in [-0.25, -0.2) is 4.98 Å². The van der Waals surface area contributed by atoms with E-state index in [9.17, 15) is 28.8 Å². The summed E-state index contributed by atoms with van der Waals surface area (Å²) in [5.41, 5.74) is 11.2. The average Bonchev–Trinajstić information content (AvgIpc) is 3.21. The van der Waals surface area contributed by atoms with E-state index in [-0.39, 0.29) is 19.3 Å². The molecule has 0 bridgehead atoms. The molecule has 3 atom stereocenters. The van der Waals surface area contributed by atoms with Crippen LogP contribution < -0.4 is 27.4 Å². The molecule has 0 fully saturated rings. The minimum absolute atomic E-state index is 0.0706. The number of imidazole rings is 1. The van der Waals surface area contributed by atoms with Crippen molar-refractivity contribution in [1.29, 1.82) is 0 Å². The lowest BCUT2D eigenvalue weighted by atomic mass is 10.1. The number of rotatable bonds is 14. The zero-order valence-corrected chi connectivity index (χ0v) is 16.9. The van der Waals surface area contributed by atoms with Gasteiger partial charge >= 0.3 is 11.9 Å². The molecule has 32 heavy (non-hydrogen) atoms. The Morgan fingerprint density at radius 1 is 1.00 bits per heavy atom. The molecule has 10 N–H and O–H groups in total. The summed E-state index contributed by atoms with van der Waals surface area (Å²) in [6.45, 7) is -0.784. The van der Waals surface area contributed by atoms with Crippen LogP contribution in [0.25, 0.3) is 0 Å². The number of nitrogens with zero attached hydrogens (tertiary/aromatic N) is 1. The first-order valence-electron chi connectivity index (χ1n) is 9.32. The number of hydrogen-bond acceptors (Lipinski definition) is 8. The molecule has 0 aliphatic heterocycles. The molecular weight excluding hydrogens is 430 g/mol. The molecule has 0 saturated heterocycles. The minimum atomic E-state index is -1.61. The fourth-order valence-electron chi connectivity index (χ4n) is 2.48. The number of hydrogen-bond donors (Lipinski definition) is 8. The van der Waals surface area contributed by atoms with Crippen molar-refractivity contribution in [1.82, 2.24) is 25.9 Å². The van der Waals surface area contributed by atoms with Crippen LogP contribution in [0.5, 0.6) is 0 Å². The molecule has 15 heteroatoms. The summed E-state index contributed by atoms with van der Waals surface area (Å²) in [5.74, 6) is -6.20. The molecule has 4 amide bonds. The molecule has 0 aliphatic rings. The number of aromatic nitrogens is 2. The number of aliphatic carboxylic acids is 2. The van der Waals surface area contributed by atoms with Crippen molar-refractivity contribution in [3.63, 3.8) is 0 Å². The number of nitrogens with one attached hydrogen (secondary N) is 4. The zero-order valence-electron chi connectivity index (χ0n) is 16.9. The number of nitrogens with two attached hydrogens (primary N) is 2. The van der Waals surface area contributed by atoms with Crippen LogP contribution in [-0.4, -0.2) is 80.4 Å². The van der Waals surface area contributed by atoms with E-state index < -0.39 is 66.7 Å². The average molecular weight is 455 g/mol. The third kappa shape index (κ3) is 9.66. The molecule has 0 spiro atoms. The van der Waals surface area contributed by atoms with Crippen LogP contribution in [0.1, 0.15) is 25.0 Å². The van der Waals surface area contributed by atoms with Crippen molar-refractivity contribution in [2.75, 3.05) is 6.54 Å². The standard InChI is InChI=1S/C17H25N7O8/c18-9(1-2-12(19)25)15(30)23-10(3-8-5-20-7-22-8)17(32)24-11(4-13(26)27)16(31)21-6-14(28)29/h5,7,9-11H,1-4,6,18H2,(H2,19,25)(H,20,22)(H,21,31)(H,23,30)(H,24,32)(H,26,27)(H,28,29). The summed E-state index contributed by atoms with van der Waals surface area (Å²) in [7, 11) is 0. The number of carbonyl (C=O) groups excluding carboxylic acids is 4. The molecule has 1 rings (SSSR count). The van der Waals surface area contributed by atoms with Crippen LogP contribution in [0.3, 0.4) is 0 Å². The van der Waals surface area contributed by atoms with Gasteiger partial charge in [-0.05, 0) is 6.42 Å². The van der Waals surface area contributed by atoms with Crippen molar-refractivity contribution in [3.8, 4) is 0 Å². The Kier molecular flexibility index (Phi) is 10.3. The van der Waals surface area contributed by atoms with E-state index in [0.717, 1.165) is 0 Å². The second kappa shape index (κ2) is 12.6. The molecule has 0 saturated carbocycles. The lowest BCUT2D eigenvalue weighted by molar-refractivity contribution is -0.141. The largest absolute Gasteiger partial charge is 0.481 e. The fraction of sp³-hybridized carbons (Fsp3) is 0.471. The highest BCUT2D eigenvalue weighted by molar-refractivity contribution is 5.95. The monoisotopic (exact) mass is 455 g/mol. The summed E-state index contributed by atoms with van der Waals surface area (Å²) in [4.78, 5) is 76.3. The van der Waals surface area contributed by atoms with Gasteiger partial charge in [0.1, 0.15) is 18.6 Å². The maximum atomic E-state index is 12.8. The third-order valence-corrected chi connectivity index (χ3v) is 4.08. The van der Waals surface area contributed by atoms with Crippen molar-refractivity contribution >= 4 is 35.6 Å². The number of carboxylic acid groups (broad SMARTS) is 2. The maximum absolute atomic E-state index is 12.8. The Bertz CT molecular complexity index is 842. The van der Waals surface area contributed by atoms with E-state index in [1.54, 1.807) is 0 Å². The van der Waals surface area contributed by atoms with Gasteiger partial charge in [0.15, 0.2) is 0 Å². The van der Waals surface area contributed by atoms with Gasteiger partial charge in [0.25, 0.3) is 0 Å². The minimum Gasteiger partial charge on any atom is -0.481 e. The van der Waals surface area contributed by atoms with Gasteiger partial charge in [0.05, 0.1) is 18.8 Å².